The second-order valence-electron chi connectivity index (χ2n) is 5.92. The van der Waals surface area contributed by atoms with Crippen LogP contribution in [0.5, 0.6) is 0 Å². The minimum absolute atomic E-state index is 0.217. The van der Waals surface area contributed by atoms with Crippen molar-refractivity contribution in [1.29, 1.82) is 0 Å². The molecule has 0 aliphatic heterocycles. The molecule has 1 unspecified atom stereocenters. The predicted octanol–water partition coefficient (Wildman–Crippen LogP) is 5.26. The number of hydrogen-bond acceptors (Lipinski definition) is 4. The zero-order chi connectivity index (χ0) is 18.9. The molecule has 0 aliphatic rings. The largest absolute Gasteiger partial charge is 0.444 e. The molecule has 0 aliphatic carbocycles. The number of aliphatic hydroxyl groups excluding tert-OH is 1. The Kier molecular flexibility index (Phi) is 6.90. The van der Waals surface area contributed by atoms with Crippen LogP contribution in [-0.2, 0) is 11.3 Å². The standard InChI is InChI=1S/C22H21NO3S/c24-20(18-11-5-2-6-12-18)16-27-21-14-8-7-13-19(21)23-22(25)26-15-17-9-3-1-4-10-17/h1-14,20,24H,15-16H2,(H,23,25). The summed E-state index contributed by atoms with van der Waals surface area (Å²) in [6.45, 7) is 0.217. The summed E-state index contributed by atoms with van der Waals surface area (Å²) in [7, 11) is 0. The van der Waals surface area contributed by atoms with Crippen molar-refractivity contribution in [3.05, 3.63) is 96.1 Å². The van der Waals surface area contributed by atoms with Gasteiger partial charge < -0.3 is 9.84 Å². The number of amides is 1. The fourth-order valence-electron chi connectivity index (χ4n) is 2.51. The first-order valence-electron chi connectivity index (χ1n) is 8.65. The van der Waals surface area contributed by atoms with Gasteiger partial charge in [-0.25, -0.2) is 4.79 Å². The molecule has 138 valence electrons. The van der Waals surface area contributed by atoms with Crippen molar-refractivity contribution >= 4 is 23.5 Å². The van der Waals surface area contributed by atoms with Gasteiger partial charge in [0.1, 0.15) is 6.61 Å². The molecular weight excluding hydrogens is 358 g/mol. The van der Waals surface area contributed by atoms with Gasteiger partial charge in [-0.1, -0.05) is 72.8 Å². The molecule has 27 heavy (non-hydrogen) atoms. The third kappa shape index (κ3) is 5.88. The highest BCUT2D eigenvalue weighted by molar-refractivity contribution is 7.99. The molecule has 0 bridgehead atoms. The van der Waals surface area contributed by atoms with Crippen molar-refractivity contribution in [3.63, 3.8) is 0 Å². The SMILES string of the molecule is O=C(Nc1ccccc1SCC(O)c1ccccc1)OCc1ccccc1. The maximum absolute atomic E-state index is 12.1. The van der Waals surface area contributed by atoms with E-state index in [9.17, 15) is 9.90 Å². The lowest BCUT2D eigenvalue weighted by molar-refractivity contribution is 0.155. The fraction of sp³-hybridized carbons (Fsp3) is 0.136. The summed E-state index contributed by atoms with van der Waals surface area (Å²) in [5.41, 5.74) is 2.47. The zero-order valence-electron chi connectivity index (χ0n) is 14.7. The van der Waals surface area contributed by atoms with Crippen molar-refractivity contribution in [2.75, 3.05) is 11.1 Å². The van der Waals surface area contributed by atoms with E-state index in [0.29, 0.717) is 11.4 Å². The summed E-state index contributed by atoms with van der Waals surface area (Å²) in [5.74, 6) is 0.488. The lowest BCUT2D eigenvalue weighted by Crippen LogP contribution is -2.14. The number of carbonyl (C=O) groups excluding carboxylic acids is 1. The van der Waals surface area contributed by atoms with Crippen LogP contribution in [0.1, 0.15) is 17.2 Å². The van der Waals surface area contributed by atoms with Crippen LogP contribution in [0.15, 0.2) is 89.8 Å². The van der Waals surface area contributed by atoms with Crippen LogP contribution < -0.4 is 5.32 Å². The molecule has 1 atom stereocenters. The van der Waals surface area contributed by atoms with Gasteiger partial charge in [-0.2, -0.15) is 0 Å². The average molecular weight is 379 g/mol. The highest BCUT2D eigenvalue weighted by atomic mass is 32.2. The van der Waals surface area contributed by atoms with E-state index in [4.69, 9.17) is 4.74 Å². The number of anilines is 1. The van der Waals surface area contributed by atoms with Gasteiger partial charge in [0.05, 0.1) is 11.8 Å². The molecule has 1 amide bonds. The van der Waals surface area contributed by atoms with Crippen molar-refractivity contribution in [1.82, 2.24) is 0 Å². The molecule has 3 aromatic carbocycles. The number of thioether (sulfide) groups is 1. The van der Waals surface area contributed by atoms with E-state index in [2.05, 4.69) is 5.32 Å². The van der Waals surface area contributed by atoms with Gasteiger partial charge in [0, 0.05) is 10.6 Å². The summed E-state index contributed by atoms with van der Waals surface area (Å²) >= 11 is 1.49. The van der Waals surface area contributed by atoms with E-state index < -0.39 is 12.2 Å². The van der Waals surface area contributed by atoms with Crippen molar-refractivity contribution in [2.24, 2.45) is 0 Å². The molecule has 0 aromatic heterocycles. The molecule has 0 heterocycles. The summed E-state index contributed by atoms with van der Waals surface area (Å²) in [6, 6.07) is 26.5. The second-order valence-corrected chi connectivity index (χ2v) is 6.98. The Morgan fingerprint density at radius 1 is 0.926 bits per heavy atom. The number of nitrogens with one attached hydrogen (secondary N) is 1. The number of para-hydroxylation sites is 1. The van der Waals surface area contributed by atoms with E-state index in [-0.39, 0.29) is 6.61 Å². The number of ether oxygens (including phenoxy) is 1. The molecule has 3 rings (SSSR count). The van der Waals surface area contributed by atoms with Crippen LogP contribution in [0.4, 0.5) is 10.5 Å². The Labute approximate surface area is 163 Å². The topological polar surface area (TPSA) is 58.6 Å². The summed E-state index contributed by atoms with van der Waals surface area (Å²) < 4.78 is 5.27. The lowest BCUT2D eigenvalue weighted by Gasteiger charge is -2.14. The molecule has 0 spiro atoms. The van der Waals surface area contributed by atoms with Crippen LogP contribution in [0, 0.1) is 0 Å². The van der Waals surface area contributed by atoms with Crippen LogP contribution >= 0.6 is 11.8 Å². The quantitative estimate of drug-likeness (QED) is 0.550. The Bertz CT molecular complexity index is 856. The van der Waals surface area contributed by atoms with E-state index in [1.807, 2.05) is 84.9 Å². The molecular formula is C22H21NO3S. The van der Waals surface area contributed by atoms with Gasteiger partial charge in [-0.3, -0.25) is 5.32 Å². The number of rotatable bonds is 7. The van der Waals surface area contributed by atoms with Crippen LogP contribution in [0.2, 0.25) is 0 Å². The van der Waals surface area contributed by atoms with Gasteiger partial charge >= 0.3 is 6.09 Å². The maximum Gasteiger partial charge on any atom is 0.411 e. The third-order valence-electron chi connectivity index (χ3n) is 3.92. The van der Waals surface area contributed by atoms with Crippen LogP contribution in [0.3, 0.4) is 0 Å². The van der Waals surface area contributed by atoms with Gasteiger partial charge in [0.2, 0.25) is 0 Å². The second kappa shape index (κ2) is 9.80. The predicted molar refractivity (Wildman–Crippen MR) is 109 cm³/mol. The van der Waals surface area contributed by atoms with E-state index in [0.717, 1.165) is 16.0 Å². The Balaban J connectivity index is 1.56. The highest BCUT2D eigenvalue weighted by Gasteiger charge is 2.12. The van der Waals surface area contributed by atoms with Crippen molar-refractivity contribution in [3.8, 4) is 0 Å². The molecule has 0 saturated heterocycles. The molecule has 3 aromatic rings. The molecule has 5 heteroatoms. The minimum atomic E-state index is -0.575. The average Bonchev–Trinajstić information content (AvgIpc) is 2.73. The minimum Gasteiger partial charge on any atom is -0.444 e. The zero-order valence-corrected chi connectivity index (χ0v) is 15.6. The molecule has 0 fully saturated rings. The highest BCUT2D eigenvalue weighted by Crippen LogP contribution is 2.30. The van der Waals surface area contributed by atoms with Gasteiger partial charge in [0.25, 0.3) is 0 Å². The normalized spacial score (nSPS) is 11.6. The Morgan fingerprint density at radius 2 is 1.56 bits per heavy atom. The number of hydrogen-bond donors (Lipinski definition) is 2. The molecule has 0 saturated carbocycles. The number of benzene rings is 3. The Hall–Kier alpha value is -2.76. The first-order chi connectivity index (χ1) is 13.2. The van der Waals surface area contributed by atoms with E-state index >= 15 is 0 Å². The summed E-state index contributed by atoms with van der Waals surface area (Å²) in [4.78, 5) is 13.0. The monoisotopic (exact) mass is 379 g/mol. The molecule has 2 N–H and O–H groups in total. The molecule has 4 nitrogen and oxygen atoms in total. The fourth-order valence-corrected chi connectivity index (χ4v) is 3.48. The van der Waals surface area contributed by atoms with Crippen molar-refractivity contribution in [2.45, 2.75) is 17.6 Å². The van der Waals surface area contributed by atoms with Crippen LogP contribution in [-0.4, -0.2) is 17.0 Å². The van der Waals surface area contributed by atoms with E-state index in [1.165, 1.54) is 11.8 Å². The molecule has 0 radical (unpaired) electrons. The Morgan fingerprint density at radius 3 is 2.30 bits per heavy atom. The van der Waals surface area contributed by atoms with Gasteiger partial charge in [-0.15, -0.1) is 11.8 Å². The summed E-state index contributed by atoms with van der Waals surface area (Å²) in [5, 5.41) is 13.1. The van der Waals surface area contributed by atoms with Crippen LogP contribution in [0.25, 0.3) is 0 Å². The number of aliphatic hydroxyl groups is 1. The summed E-state index contributed by atoms with van der Waals surface area (Å²) in [6.07, 6.45) is -1.08. The van der Waals surface area contributed by atoms with E-state index in [1.54, 1.807) is 0 Å². The third-order valence-corrected chi connectivity index (χ3v) is 5.07. The first-order valence-corrected chi connectivity index (χ1v) is 9.63. The van der Waals surface area contributed by atoms with Gasteiger partial charge in [0.15, 0.2) is 0 Å². The maximum atomic E-state index is 12.1. The number of carbonyl (C=O) groups is 1. The van der Waals surface area contributed by atoms with Crippen molar-refractivity contribution < 1.29 is 14.6 Å². The first kappa shape index (κ1) is 19.0. The van der Waals surface area contributed by atoms with Gasteiger partial charge in [-0.05, 0) is 23.3 Å². The lowest BCUT2D eigenvalue weighted by atomic mass is 10.1. The smallest absolute Gasteiger partial charge is 0.411 e.